The topological polar surface area (TPSA) is 32.3 Å². The lowest BCUT2D eigenvalue weighted by Crippen LogP contribution is -2.46. The molecular weight excluding hydrogens is 212 g/mol. The summed E-state index contributed by atoms with van der Waals surface area (Å²) >= 11 is 0. The summed E-state index contributed by atoms with van der Waals surface area (Å²) in [5, 5.41) is 3.44. The van der Waals surface area contributed by atoms with Crippen LogP contribution in [0.3, 0.4) is 0 Å². The van der Waals surface area contributed by atoms with Gasteiger partial charge >= 0.3 is 0 Å². The van der Waals surface area contributed by atoms with Crippen LogP contribution in [0.5, 0.6) is 0 Å². The quantitative estimate of drug-likeness (QED) is 0.752. The van der Waals surface area contributed by atoms with Crippen LogP contribution >= 0.6 is 0 Å². The maximum Gasteiger partial charge on any atom is 0.226 e. The molecule has 1 N–H and O–H groups in total. The number of hydrogen-bond donors (Lipinski definition) is 1. The van der Waals surface area contributed by atoms with Gasteiger partial charge < -0.3 is 10.2 Å². The monoisotopic (exact) mass is 236 g/mol. The minimum atomic E-state index is 0.338. The molecule has 96 valence electrons. The second-order valence-corrected chi connectivity index (χ2v) is 6.15. The highest BCUT2D eigenvalue weighted by Gasteiger charge is 2.45. The van der Waals surface area contributed by atoms with Gasteiger partial charge in [0.2, 0.25) is 5.91 Å². The van der Waals surface area contributed by atoms with Crippen molar-refractivity contribution < 1.29 is 4.79 Å². The number of amides is 1. The zero-order valence-corrected chi connectivity index (χ0v) is 10.8. The summed E-state index contributed by atoms with van der Waals surface area (Å²) in [4.78, 5) is 14.9. The minimum Gasteiger partial charge on any atom is -0.335 e. The van der Waals surface area contributed by atoms with E-state index in [1.165, 1.54) is 25.7 Å². The summed E-state index contributed by atoms with van der Waals surface area (Å²) < 4.78 is 0. The van der Waals surface area contributed by atoms with E-state index in [0.29, 0.717) is 23.9 Å². The van der Waals surface area contributed by atoms with E-state index >= 15 is 0 Å². The van der Waals surface area contributed by atoms with Crippen molar-refractivity contribution in [2.24, 2.45) is 11.8 Å². The highest BCUT2D eigenvalue weighted by molar-refractivity contribution is 5.80. The van der Waals surface area contributed by atoms with Crippen molar-refractivity contribution in [3.05, 3.63) is 0 Å². The van der Waals surface area contributed by atoms with E-state index in [1.54, 1.807) is 0 Å². The van der Waals surface area contributed by atoms with Crippen LogP contribution in [-0.4, -0.2) is 36.0 Å². The number of likely N-dealkylation sites (tertiary alicyclic amines) is 1. The molecule has 0 aromatic rings. The van der Waals surface area contributed by atoms with Crippen molar-refractivity contribution in [2.45, 2.75) is 57.5 Å². The van der Waals surface area contributed by atoms with Crippen molar-refractivity contribution >= 4 is 5.91 Å². The predicted octanol–water partition coefficient (Wildman–Crippen LogP) is 1.78. The first-order valence-electron chi connectivity index (χ1n) is 7.30. The van der Waals surface area contributed by atoms with Crippen LogP contribution in [0, 0.1) is 11.8 Å². The molecule has 3 nitrogen and oxygen atoms in total. The van der Waals surface area contributed by atoms with Gasteiger partial charge in [0.15, 0.2) is 0 Å². The molecule has 2 saturated heterocycles. The van der Waals surface area contributed by atoms with Gasteiger partial charge in [-0.3, -0.25) is 4.79 Å². The van der Waals surface area contributed by atoms with Gasteiger partial charge in [0, 0.05) is 31.1 Å². The van der Waals surface area contributed by atoms with Crippen LogP contribution in [0.2, 0.25) is 0 Å². The smallest absolute Gasteiger partial charge is 0.226 e. The first kappa shape index (κ1) is 11.5. The summed E-state index contributed by atoms with van der Waals surface area (Å²) in [6.07, 6.45) is 7.30. The van der Waals surface area contributed by atoms with Crippen LogP contribution in [0.15, 0.2) is 0 Å². The van der Waals surface area contributed by atoms with E-state index in [2.05, 4.69) is 17.1 Å². The van der Waals surface area contributed by atoms with Crippen LogP contribution < -0.4 is 5.32 Å². The zero-order valence-electron chi connectivity index (χ0n) is 10.8. The zero-order chi connectivity index (χ0) is 11.8. The van der Waals surface area contributed by atoms with E-state index < -0.39 is 0 Å². The first-order valence-corrected chi connectivity index (χ1v) is 7.30. The number of rotatable bonds is 1. The number of carbonyl (C=O) groups excluding carboxylic acids is 1. The summed E-state index contributed by atoms with van der Waals surface area (Å²) in [6, 6.07) is 0.973. The lowest BCUT2D eigenvalue weighted by atomic mass is 9.88. The van der Waals surface area contributed by atoms with Gasteiger partial charge in [-0.15, -0.1) is 0 Å². The molecule has 1 aliphatic carbocycles. The molecule has 2 aliphatic heterocycles. The van der Waals surface area contributed by atoms with Crippen molar-refractivity contribution in [2.75, 3.05) is 13.1 Å². The third kappa shape index (κ3) is 1.99. The van der Waals surface area contributed by atoms with E-state index in [9.17, 15) is 4.79 Å². The molecule has 17 heavy (non-hydrogen) atoms. The highest BCUT2D eigenvalue weighted by Crippen LogP contribution is 2.35. The van der Waals surface area contributed by atoms with Crippen LogP contribution in [0.4, 0.5) is 0 Å². The van der Waals surface area contributed by atoms with E-state index in [0.717, 1.165) is 31.8 Å². The second kappa shape index (κ2) is 4.60. The average Bonchev–Trinajstić information content (AvgIpc) is 2.89. The second-order valence-electron chi connectivity index (χ2n) is 6.15. The Morgan fingerprint density at radius 2 is 1.94 bits per heavy atom. The summed E-state index contributed by atoms with van der Waals surface area (Å²) in [6.45, 7) is 4.37. The van der Waals surface area contributed by atoms with Gasteiger partial charge in [0.25, 0.3) is 0 Å². The minimum absolute atomic E-state index is 0.338. The molecule has 0 bridgehead atoms. The Balaban J connectivity index is 1.71. The molecule has 0 radical (unpaired) electrons. The number of fused-ring (bicyclic) bond motifs is 1. The molecule has 0 spiro atoms. The predicted molar refractivity (Wildman–Crippen MR) is 67.6 cm³/mol. The number of hydrogen-bond acceptors (Lipinski definition) is 2. The molecule has 2 heterocycles. The summed E-state index contributed by atoms with van der Waals surface area (Å²) in [5.41, 5.74) is 0. The molecule has 3 aliphatic rings. The van der Waals surface area contributed by atoms with Gasteiger partial charge in [0.05, 0.1) is 0 Å². The van der Waals surface area contributed by atoms with E-state index in [1.807, 2.05) is 0 Å². The van der Waals surface area contributed by atoms with Gasteiger partial charge in [-0.1, -0.05) is 19.3 Å². The maximum absolute atomic E-state index is 12.7. The van der Waals surface area contributed by atoms with Gasteiger partial charge in [0.1, 0.15) is 0 Å². The standard InChI is InChI=1S/C14H24N2O/c1-10-7-12-8-15-9-13(12)16(10)14(17)11-5-3-2-4-6-11/h10-13,15H,2-9H2,1H3. The Bertz CT molecular complexity index is 299. The molecule has 0 aromatic heterocycles. The van der Waals surface area contributed by atoms with Gasteiger partial charge in [-0.25, -0.2) is 0 Å². The molecule has 0 aromatic carbocycles. The third-order valence-electron chi connectivity index (χ3n) is 4.99. The lowest BCUT2D eigenvalue weighted by molar-refractivity contribution is -0.139. The van der Waals surface area contributed by atoms with Crippen LogP contribution in [-0.2, 0) is 4.79 Å². The Kier molecular flexibility index (Phi) is 3.12. The fourth-order valence-electron chi connectivity index (χ4n) is 4.10. The Morgan fingerprint density at radius 3 is 2.71 bits per heavy atom. The Labute approximate surface area is 104 Å². The Hall–Kier alpha value is -0.570. The fourth-order valence-corrected chi connectivity index (χ4v) is 4.10. The molecule has 3 rings (SSSR count). The van der Waals surface area contributed by atoms with Crippen molar-refractivity contribution in [1.29, 1.82) is 0 Å². The molecular formula is C14H24N2O. The SMILES string of the molecule is CC1CC2CNCC2N1C(=O)C1CCCCC1. The summed E-state index contributed by atoms with van der Waals surface area (Å²) in [5.74, 6) is 1.52. The maximum atomic E-state index is 12.7. The van der Waals surface area contributed by atoms with E-state index in [4.69, 9.17) is 0 Å². The largest absolute Gasteiger partial charge is 0.335 e. The molecule has 3 heteroatoms. The van der Waals surface area contributed by atoms with Gasteiger partial charge in [-0.2, -0.15) is 0 Å². The Morgan fingerprint density at radius 1 is 1.18 bits per heavy atom. The van der Waals surface area contributed by atoms with E-state index in [-0.39, 0.29) is 0 Å². The van der Waals surface area contributed by atoms with Crippen molar-refractivity contribution in [1.82, 2.24) is 10.2 Å². The van der Waals surface area contributed by atoms with Gasteiger partial charge in [-0.05, 0) is 32.1 Å². The summed E-state index contributed by atoms with van der Waals surface area (Å²) in [7, 11) is 0. The normalized spacial score (nSPS) is 38.4. The lowest BCUT2D eigenvalue weighted by Gasteiger charge is -2.33. The van der Waals surface area contributed by atoms with Crippen molar-refractivity contribution in [3.8, 4) is 0 Å². The highest BCUT2D eigenvalue weighted by atomic mass is 16.2. The van der Waals surface area contributed by atoms with Crippen LogP contribution in [0.1, 0.15) is 45.4 Å². The molecule has 1 amide bonds. The third-order valence-corrected chi connectivity index (χ3v) is 4.99. The fraction of sp³-hybridized carbons (Fsp3) is 0.929. The molecule has 1 saturated carbocycles. The number of nitrogens with zero attached hydrogens (tertiary/aromatic N) is 1. The molecule has 3 unspecified atom stereocenters. The number of nitrogens with one attached hydrogen (secondary N) is 1. The number of carbonyl (C=O) groups is 1. The van der Waals surface area contributed by atoms with Crippen LogP contribution in [0.25, 0.3) is 0 Å². The average molecular weight is 236 g/mol. The van der Waals surface area contributed by atoms with Crippen molar-refractivity contribution in [3.63, 3.8) is 0 Å². The molecule has 3 fully saturated rings. The first-order chi connectivity index (χ1) is 8.27. The molecule has 3 atom stereocenters.